The highest BCUT2D eigenvalue weighted by molar-refractivity contribution is 9.10. The third-order valence-electron chi connectivity index (χ3n) is 2.29. The van der Waals surface area contributed by atoms with E-state index in [1.165, 1.54) is 0 Å². The van der Waals surface area contributed by atoms with Crippen LogP contribution >= 0.6 is 15.9 Å². The van der Waals surface area contributed by atoms with Crippen LogP contribution < -0.4 is 0 Å². The zero-order valence-corrected chi connectivity index (χ0v) is 9.25. The largest absolute Gasteiger partial charge is 0.446 e. The molecule has 1 unspecified atom stereocenters. The molecule has 0 amide bonds. The van der Waals surface area contributed by atoms with Gasteiger partial charge in [0.15, 0.2) is 10.4 Å². The zero-order valence-electron chi connectivity index (χ0n) is 7.66. The van der Waals surface area contributed by atoms with E-state index in [-0.39, 0.29) is 11.9 Å². The van der Waals surface area contributed by atoms with E-state index < -0.39 is 0 Å². The molecule has 2 rings (SSSR count). The third-order valence-corrected chi connectivity index (χ3v) is 2.71. The minimum absolute atomic E-state index is 0.0163. The summed E-state index contributed by atoms with van der Waals surface area (Å²) in [5, 5.41) is 0. The average Bonchev–Trinajstić information content (AvgIpc) is 2.75. The van der Waals surface area contributed by atoms with Crippen molar-refractivity contribution in [1.29, 1.82) is 0 Å². The number of halogens is 1. The Bertz CT molecular complexity index is 326. The van der Waals surface area contributed by atoms with Crippen LogP contribution in [0.25, 0.3) is 0 Å². The van der Waals surface area contributed by atoms with Crippen molar-refractivity contribution in [3.63, 3.8) is 0 Å². The SMILES string of the molecule is O=C(CC1CCCO1)c1ccc(Br)o1. The molecule has 1 aromatic heterocycles. The summed E-state index contributed by atoms with van der Waals surface area (Å²) in [6.45, 7) is 0.778. The maximum atomic E-state index is 11.6. The van der Waals surface area contributed by atoms with Crippen LogP contribution in [-0.4, -0.2) is 18.5 Å². The molecule has 0 saturated carbocycles. The van der Waals surface area contributed by atoms with Gasteiger partial charge in [-0.25, -0.2) is 0 Å². The number of Topliss-reactive ketones (excluding diaryl/α,β-unsaturated/α-hetero) is 1. The molecule has 76 valence electrons. The molecule has 0 radical (unpaired) electrons. The predicted molar refractivity (Wildman–Crippen MR) is 54.3 cm³/mol. The Morgan fingerprint density at radius 2 is 2.43 bits per heavy atom. The summed E-state index contributed by atoms with van der Waals surface area (Å²) in [4.78, 5) is 11.6. The lowest BCUT2D eigenvalue weighted by Gasteiger charge is -2.05. The second kappa shape index (κ2) is 4.28. The van der Waals surface area contributed by atoms with Crippen molar-refractivity contribution in [2.75, 3.05) is 6.61 Å². The number of carbonyl (C=O) groups is 1. The fourth-order valence-corrected chi connectivity index (χ4v) is 1.88. The Morgan fingerprint density at radius 1 is 1.57 bits per heavy atom. The molecule has 1 aromatic rings. The molecule has 1 fully saturated rings. The van der Waals surface area contributed by atoms with Crippen molar-refractivity contribution < 1.29 is 13.9 Å². The van der Waals surface area contributed by atoms with Crippen molar-refractivity contribution in [2.45, 2.75) is 25.4 Å². The molecule has 0 N–H and O–H groups in total. The second-order valence-corrected chi connectivity index (χ2v) is 4.15. The van der Waals surface area contributed by atoms with E-state index in [0.717, 1.165) is 19.4 Å². The van der Waals surface area contributed by atoms with E-state index >= 15 is 0 Å². The molecular weight excluding hydrogens is 248 g/mol. The van der Waals surface area contributed by atoms with Crippen molar-refractivity contribution in [2.24, 2.45) is 0 Å². The number of rotatable bonds is 3. The molecular formula is C10H11BrO3. The van der Waals surface area contributed by atoms with E-state index in [2.05, 4.69) is 15.9 Å². The summed E-state index contributed by atoms with van der Waals surface area (Å²) < 4.78 is 11.1. The van der Waals surface area contributed by atoms with E-state index in [1.54, 1.807) is 12.1 Å². The number of furan rings is 1. The molecule has 1 aliphatic heterocycles. The van der Waals surface area contributed by atoms with Gasteiger partial charge in [0, 0.05) is 13.0 Å². The normalized spacial score (nSPS) is 21.4. The van der Waals surface area contributed by atoms with Gasteiger partial charge >= 0.3 is 0 Å². The molecule has 0 spiro atoms. The third kappa shape index (κ3) is 2.25. The lowest BCUT2D eigenvalue weighted by atomic mass is 10.1. The predicted octanol–water partition coefficient (Wildman–Crippen LogP) is 2.79. The lowest BCUT2D eigenvalue weighted by molar-refractivity contribution is 0.0752. The number of hydrogen-bond acceptors (Lipinski definition) is 3. The molecule has 1 saturated heterocycles. The minimum atomic E-state index is 0.0163. The minimum Gasteiger partial charge on any atom is -0.446 e. The van der Waals surface area contributed by atoms with Gasteiger partial charge in [-0.05, 0) is 40.9 Å². The summed E-state index contributed by atoms with van der Waals surface area (Å²) in [6, 6.07) is 3.41. The average molecular weight is 259 g/mol. The first kappa shape index (κ1) is 9.93. The first-order chi connectivity index (χ1) is 6.75. The van der Waals surface area contributed by atoms with Gasteiger partial charge in [-0.15, -0.1) is 0 Å². The summed E-state index contributed by atoms with van der Waals surface area (Å²) in [6.07, 6.45) is 2.55. The molecule has 0 aromatic carbocycles. The highest BCUT2D eigenvalue weighted by Crippen LogP contribution is 2.20. The Labute approximate surface area is 90.6 Å². The Kier molecular flexibility index (Phi) is 3.03. The molecule has 0 bridgehead atoms. The van der Waals surface area contributed by atoms with Crippen LogP contribution in [0, 0.1) is 0 Å². The van der Waals surface area contributed by atoms with E-state index in [0.29, 0.717) is 16.9 Å². The van der Waals surface area contributed by atoms with Crippen molar-refractivity contribution in [3.8, 4) is 0 Å². The van der Waals surface area contributed by atoms with E-state index in [1.807, 2.05) is 0 Å². The van der Waals surface area contributed by atoms with Crippen LogP contribution in [0.4, 0.5) is 0 Å². The smallest absolute Gasteiger partial charge is 0.200 e. The molecule has 3 nitrogen and oxygen atoms in total. The first-order valence-corrected chi connectivity index (χ1v) is 5.45. The quantitative estimate of drug-likeness (QED) is 0.783. The van der Waals surface area contributed by atoms with Crippen LogP contribution in [0.15, 0.2) is 21.2 Å². The Hall–Kier alpha value is -0.610. The molecule has 2 heterocycles. The Morgan fingerprint density at radius 3 is 3.00 bits per heavy atom. The number of carbonyl (C=O) groups excluding carboxylic acids is 1. The molecule has 1 atom stereocenters. The van der Waals surface area contributed by atoms with Gasteiger partial charge in [0.2, 0.25) is 5.78 Å². The lowest BCUT2D eigenvalue weighted by Crippen LogP contribution is -2.11. The molecule has 14 heavy (non-hydrogen) atoms. The first-order valence-electron chi connectivity index (χ1n) is 4.66. The summed E-state index contributed by atoms with van der Waals surface area (Å²) >= 11 is 3.16. The van der Waals surface area contributed by atoms with Crippen LogP contribution in [0.1, 0.15) is 29.8 Å². The zero-order chi connectivity index (χ0) is 9.97. The van der Waals surface area contributed by atoms with Gasteiger partial charge in [0.25, 0.3) is 0 Å². The van der Waals surface area contributed by atoms with E-state index in [9.17, 15) is 4.79 Å². The number of ether oxygens (including phenoxy) is 1. The molecule has 1 aliphatic rings. The van der Waals surface area contributed by atoms with E-state index in [4.69, 9.17) is 9.15 Å². The van der Waals surface area contributed by atoms with Gasteiger partial charge in [-0.3, -0.25) is 4.79 Å². The van der Waals surface area contributed by atoms with Crippen LogP contribution in [0.2, 0.25) is 0 Å². The molecule has 0 aliphatic carbocycles. The monoisotopic (exact) mass is 258 g/mol. The summed E-state index contributed by atoms with van der Waals surface area (Å²) in [7, 11) is 0. The van der Waals surface area contributed by atoms with Gasteiger partial charge < -0.3 is 9.15 Å². The maximum Gasteiger partial charge on any atom is 0.200 e. The van der Waals surface area contributed by atoms with Crippen molar-refractivity contribution in [1.82, 2.24) is 0 Å². The summed E-state index contributed by atoms with van der Waals surface area (Å²) in [5.74, 6) is 0.426. The fraction of sp³-hybridized carbons (Fsp3) is 0.500. The second-order valence-electron chi connectivity index (χ2n) is 3.37. The van der Waals surface area contributed by atoms with Gasteiger partial charge in [0.05, 0.1) is 6.10 Å². The number of hydrogen-bond donors (Lipinski definition) is 0. The molecule has 4 heteroatoms. The van der Waals surface area contributed by atoms with Gasteiger partial charge in [-0.1, -0.05) is 0 Å². The summed E-state index contributed by atoms with van der Waals surface area (Å²) in [5.41, 5.74) is 0. The van der Waals surface area contributed by atoms with Crippen molar-refractivity contribution in [3.05, 3.63) is 22.6 Å². The highest BCUT2D eigenvalue weighted by Gasteiger charge is 2.21. The number of ketones is 1. The Balaban J connectivity index is 1.95. The van der Waals surface area contributed by atoms with Crippen LogP contribution in [0.3, 0.4) is 0 Å². The highest BCUT2D eigenvalue weighted by atomic mass is 79.9. The van der Waals surface area contributed by atoms with Gasteiger partial charge in [-0.2, -0.15) is 0 Å². The topological polar surface area (TPSA) is 39.4 Å². The van der Waals surface area contributed by atoms with Crippen LogP contribution in [0.5, 0.6) is 0 Å². The standard InChI is InChI=1S/C10H11BrO3/c11-10-4-3-9(14-10)8(12)6-7-2-1-5-13-7/h3-4,7H,1-2,5-6H2. The fourth-order valence-electron chi connectivity index (χ4n) is 1.58. The van der Waals surface area contributed by atoms with Crippen molar-refractivity contribution >= 4 is 21.7 Å². The maximum absolute atomic E-state index is 11.6. The van der Waals surface area contributed by atoms with Crippen LogP contribution in [-0.2, 0) is 4.74 Å². The van der Waals surface area contributed by atoms with Gasteiger partial charge in [0.1, 0.15) is 0 Å².